The number of thiazole rings is 1. The van der Waals surface area contributed by atoms with Crippen LogP contribution in [0.4, 0.5) is 4.39 Å². The first kappa shape index (κ1) is 17.1. The molecule has 1 amide bonds. The van der Waals surface area contributed by atoms with Crippen LogP contribution >= 0.6 is 11.3 Å². The van der Waals surface area contributed by atoms with Crippen molar-refractivity contribution in [3.05, 3.63) is 77.2 Å². The molecule has 6 heteroatoms. The predicted octanol–water partition coefficient (Wildman–Crippen LogP) is 5.67. The van der Waals surface area contributed by atoms with E-state index in [1.807, 2.05) is 29.2 Å². The molecule has 1 saturated heterocycles. The molecule has 4 nitrogen and oxygen atoms in total. The van der Waals surface area contributed by atoms with Crippen LogP contribution in [0.5, 0.6) is 0 Å². The molecule has 0 radical (unpaired) electrons. The molecule has 4 aromatic rings. The fourth-order valence-corrected chi connectivity index (χ4v) is 4.81. The first-order chi connectivity index (χ1) is 13.7. The summed E-state index contributed by atoms with van der Waals surface area (Å²) in [6.45, 7) is 0.662. The van der Waals surface area contributed by atoms with Gasteiger partial charge in [0.15, 0.2) is 5.76 Å². The smallest absolute Gasteiger partial charge is 0.290 e. The van der Waals surface area contributed by atoms with Crippen LogP contribution in [-0.4, -0.2) is 22.3 Å². The lowest BCUT2D eigenvalue weighted by Crippen LogP contribution is -2.30. The SMILES string of the molecule is O=C(c1ccc(-c2ccccc2F)o1)N1CCC[C@H]1c1nc2ccccc2s1. The van der Waals surface area contributed by atoms with Gasteiger partial charge < -0.3 is 9.32 Å². The highest BCUT2D eigenvalue weighted by Crippen LogP contribution is 2.37. The van der Waals surface area contributed by atoms with Crippen molar-refractivity contribution >= 4 is 27.5 Å². The molecule has 0 unspecified atom stereocenters. The van der Waals surface area contributed by atoms with Gasteiger partial charge in [-0.15, -0.1) is 11.3 Å². The van der Waals surface area contributed by atoms with Crippen LogP contribution < -0.4 is 0 Å². The average Bonchev–Trinajstić information content (AvgIpc) is 3.45. The fraction of sp³-hybridized carbons (Fsp3) is 0.182. The zero-order valence-corrected chi connectivity index (χ0v) is 15.8. The van der Waals surface area contributed by atoms with Gasteiger partial charge in [-0.1, -0.05) is 24.3 Å². The van der Waals surface area contributed by atoms with E-state index in [0.29, 0.717) is 17.9 Å². The molecule has 28 heavy (non-hydrogen) atoms. The van der Waals surface area contributed by atoms with E-state index in [9.17, 15) is 9.18 Å². The highest BCUT2D eigenvalue weighted by molar-refractivity contribution is 7.18. The van der Waals surface area contributed by atoms with Crippen molar-refractivity contribution in [2.24, 2.45) is 0 Å². The Labute approximate surface area is 165 Å². The second kappa shape index (κ2) is 6.87. The van der Waals surface area contributed by atoms with E-state index < -0.39 is 0 Å². The predicted molar refractivity (Wildman–Crippen MR) is 107 cm³/mol. The summed E-state index contributed by atoms with van der Waals surface area (Å²) < 4.78 is 20.9. The molecule has 2 aromatic carbocycles. The second-order valence-electron chi connectivity index (χ2n) is 6.82. The number of rotatable bonds is 3. The molecule has 140 valence electrons. The number of aromatic nitrogens is 1. The second-order valence-corrected chi connectivity index (χ2v) is 7.88. The molecule has 0 N–H and O–H groups in total. The van der Waals surface area contributed by atoms with Crippen molar-refractivity contribution in [1.82, 2.24) is 9.88 Å². The summed E-state index contributed by atoms with van der Waals surface area (Å²) in [5.41, 5.74) is 1.31. The summed E-state index contributed by atoms with van der Waals surface area (Å²) in [5.74, 6) is 0.0390. The number of para-hydroxylation sites is 1. The number of furan rings is 1. The maximum absolute atomic E-state index is 14.0. The normalized spacial score (nSPS) is 16.8. The van der Waals surface area contributed by atoms with E-state index in [2.05, 4.69) is 0 Å². The summed E-state index contributed by atoms with van der Waals surface area (Å²) in [6, 6.07) is 17.6. The minimum absolute atomic E-state index is 0.0492. The summed E-state index contributed by atoms with van der Waals surface area (Å²) in [5, 5.41) is 0.952. The Morgan fingerprint density at radius 2 is 1.93 bits per heavy atom. The zero-order valence-electron chi connectivity index (χ0n) is 15.0. The Morgan fingerprint density at radius 1 is 1.11 bits per heavy atom. The molecule has 0 bridgehead atoms. The molecular formula is C22H17FN2O2S. The van der Waals surface area contributed by atoms with Crippen LogP contribution in [0.2, 0.25) is 0 Å². The number of hydrogen-bond donors (Lipinski definition) is 0. The Hall–Kier alpha value is -2.99. The summed E-state index contributed by atoms with van der Waals surface area (Å²) in [7, 11) is 0. The highest BCUT2D eigenvalue weighted by Gasteiger charge is 2.34. The number of halogens is 1. The number of carbonyl (C=O) groups is 1. The fourth-order valence-electron chi connectivity index (χ4n) is 3.70. The van der Waals surface area contributed by atoms with Gasteiger partial charge in [-0.25, -0.2) is 9.37 Å². The minimum Gasteiger partial charge on any atom is -0.451 e. The van der Waals surface area contributed by atoms with Crippen molar-refractivity contribution in [2.75, 3.05) is 6.54 Å². The Morgan fingerprint density at radius 3 is 2.79 bits per heavy atom. The lowest BCUT2D eigenvalue weighted by molar-refractivity contribution is 0.0704. The van der Waals surface area contributed by atoms with Crippen LogP contribution in [0, 0.1) is 5.82 Å². The Kier molecular flexibility index (Phi) is 4.20. The topological polar surface area (TPSA) is 46.3 Å². The third-order valence-corrected chi connectivity index (χ3v) is 6.20. The molecule has 3 heterocycles. The van der Waals surface area contributed by atoms with Crippen LogP contribution in [0.25, 0.3) is 21.5 Å². The summed E-state index contributed by atoms with van der Waals surface area (Å²) in [4.78, 5) is 19.6. The molecule has 1 aliphatic heterocycles. The van der Waals surface area contributed by atoms with Crippen LogP contribution in [0.15, 0.2) is 65.1 Å². The van der Waals surface area contributed by atoms with Crippen LogP contribution in [0.1, 0.15) is 34.4 Å². The van der Waals surface area contributed by atoms with E-state index >= 15 is 0 Å². The van der Waals surface area contributed by atoms with E-state index in [-0.39, 0.29) is 23.5 Å². The molecule has 0 aliphatic carbocycles. The lowest BCUT2D eigenvalue weighted by atomic mass is 10.1. The molecule has 1 atom stereocenters. The first-order valence-corrected chi connectivity index (χ1v) is 10.0. The van der Waals surface area contributed by atoms with E-state index in [4.69, 9.17) is 9.40 Å². The lowest BCUT2D eigenvalue weighted by Gasteiger charge is -2.21. The Balaban J connectivity index is 1.44. The van der Waals surface area contributed by atoms with Gasteiger partial charge in [0.05, 0.1) is 21.8 Å². The third-order valence-electron chi connectivity index (χ3n) is 5.07. The highest BCUT2D eigenvalue weighted by atomic mass is 32.1. The summed E-state index contributed by atoms with van der Waals surface area (Å²) in [6.07, 6.45) is 1.81. The van der Waals surface area contributed by atoms with Gasteiger partial charge in [0.1, 0.15) is 16.6 Å². The number of hydrogen-bond acceptors (Lipinski definition) is 4. The maximum atomic E-state index is 14.0. The van der Waals surface area contributed by atoms with Crippen LogP contribution in [-0.2, 0) is 0 Å². The zero-order chi connectivity index (χ0) is 19.1. The Bertz CT molecular complexity index is 1130. The molecule has 0 saturated carbocycles. The molecule has 0 spiro atoms. The van der Waals surface area contributed by atoms with Gasteiger partial charge in [-0.05, 0) is 49.2 Å². The third kappa shape index (κ3) is 2.90. The van der Waals surface area contributed by atoms with E-state index in [1.54, 1.807) is 41.7 Å². The van der Waals surface area contributed by atoms with Gasteiger partial charge >= 0.3 is 0 Å². The molecule has 1 aliphatic rings. The molecular weight excluding hydrogens is 375 g/mol. The molecule has 1 fully saturated rings. The number of nitrogens with zero attached hydrogens (tertiary/aromatic N) is 2. The first-order valence-electron chi connectivity index (χ1n) is 9.22. The average molecular weight is 392 g/mol. The van der Waals surface area contributed by atoms with Crippen molar-refractivity contribution in [2.45, 2.75) is 18.9 Å². The van der Waals surface area contributed by atoms with E-state index in [1.165, 1.54) is 6.07 Å². The number of amides is 1. The quantitative estimate of drug-likeness (QED) is 0.451. The number of likely N-dealkylation sites (tertiary alicyclic amines) is 1. The standard InChI is InChI=1S/C22H17FN2O2S/c23-15-7-2-1-6-14(15)18-11-12-19(27-18)22(26)25-13-5-9-17(25)21-24-16-8-3-4-10-20(16)28-21/h1-4,6-8,10-12,17H,5,9,13H2/t17-/m0/s1. The summed E-state index contributed by atoms with van der Waals surface area (Å²) >= 11 is 1.63. The minimum atomic E-state index is -0.371. The van der Waals surface area contributed by atoms with Gasteiger partial charge in [-0.2, -0.15) is 0 Å². The van der Waals surface area contributed by atoms with Crippen molar-refractivity contribution in [3.8, 4) is 11.3 Å². The number of carbonyl (C=O) groups excluding carboxylic acids is 1. The van der Waals surface area contributed by atoms with E-state index in [0.717, 1.165) is 28.1 Å². The molecule has 2 aromatic heterocycles. The monoisotopic (exact) mass is 392 g/mol. The van der Waals surface area contributed by atoms with Gasteiger partial charge in [0.25, 0.3) is 5.91 Å². The van der Waals surface area contributed by atoms with Crippen LogP contribution in [0.3, 0.4) is 0 Å². The number of fused-ring (bicyclic) bond motifs is 1. The number of benzene rings is 2. The van der Waals surface area contributed by atoms with Crippen molar-refractivity contribution < 1.29 is 13.6 Å². The van der Waals surface area contributed by atoms with Crippen molar-refractivity contribution in [1.29, 1.82) is 0 Å². The maximum Gasteiger partial charge on any atom is 0.290 e. The van der Waals surface area contributed by atoms with Gasteiger partial charge in [0.2, 0.25) is 0 Å². The largest absolute Gasteiger partial charge is 0.451 e. The van der Waals surface area contributed by atoms with Gasteiger partial charge in [-0.3, -0.25) is 4.79 Å². The molecule has 5 rings (SSSR count). The van der Waals surface area contributed by atoms with Gasteiger partial charge in [0, 0.05) is 6.54 Å². The van der Waals surface area contributed by atoms with Crippen molar-refractivity contribution in [3.63, 3.8) is 0 Å².